The molecule has 2 aromatic carbocycles. The fourth-order valence-electron chi connectivity index (χ4n) is 1.59. The van der Waals surface area contributed by atoms with Crippen molar-refractivity contribution in [1.29, 1.82) is 0 Å². The molecule has 16 heavy (non-hydrogen) atoms. The van der Waals surface area contributed by atoms with E-state index in [0.29, 0.717) is 16.3 Å². The third-order valence-corrected chi connectivity index (χ3v) is 2.68. The maximum Gasteiger partial charge on any atom is 0.272 e. The number of nitro benzene ring substituents is 1. The molecule has 0 aliphatic rings. The first-order chi connectivity index (χ1) is 7.49. The topological polar surface area (TPSA) is 43.1 Å². The van der Waals surface area contributed by atoms with Crippen molar-refractivity contribution in [2.75, 3.05) is 0 Å². The second-order valence-electron chi connectivity index (χ2n) is 3.51. The molecule has 0 spiro atoms. The van der Waals surface area contributed by atoms with Crippen LogP contribution in [0.1, 0.15) is 5.56 Å². The number of hydrogen-bond donors (Lipinski definition) is 0. The summed E-state index contributed by atoms with van der Waals surface area (Å²) in [4.78, 5) is 10.2. The van der Waals surface area contributed by atoms with Gasteiger partial charge in [0, 0.05) is 11.6 Å². The molecule has 0 heterocycles. The van der Waals surface area contributed by atoms with Gasteiger partial charge >= 0.3 is 0 Å². The van der Waals surface area contributed by atoms with Crippen LogP contribution in [0, 0.1) is 22.9 Å². The molecule has 0 aromatic heterocycles. The Morgan fingerprint density at radius 3 is 2.50 bits per heavy atom. The summed E-state index contributed by atoms with van der Waals surface area (Å²) in [5.74, 6) is -0.526. The lowest BCUT2D eigenvalue weighted by Crippen LogP contribution is -1.92. The number of fused-ring (bicyclic) bond motifs is 1. The van der Waals surface area contributed by atoms with E-state index in [1.54, 1.807) is 13.0 Å². The van der Waals surface area contributed by atoms with Gasteiger partial charge in [0.2, 0.25) is 0 Å². The summed E-state index contributed by atoms with van der Waals surface area (Å²) in [5, 5.41) is 11.8. The molecular formula is C11H7ClFNO2. The van der Waals surface area contributed by atoms with Gasteiger partial charge in [-0.15, -0.1) is 0 Å². The number of aryl methyl sites for hydroxylation is 1. The van der Waals surface area contributed by atoms with Gasteiger partial charge in [0.05, 0.1) is 9.95 Å². The zero-order valence-electron chi connectivity index (χ0n) is 8.33. The molecule has 0 N–H and O–H groups in total. The number of nitrogens with zero attached hydrogens (tertiary/aromatic N) is 1. The molecule has 0 radical (unpaired) electrons. The Labute approximate surface area is 95.6 Å². The first-order valence-electron chi connectivity index (χ1n) is 4.53. The fourth-order valence-corrected chi connectivity index (χ4v) is 1.76. The van der Waals surface area contributed by atoms with E-state index in [9.17, 15) is 14.5 Å². The normalized spacial score (nSPS) is 10.7. The summed E-state index contributed by atoms with van der Waals surface area (Å²) < 4.78 is 13.2. The van der Waals surface area contributed by atoms with Crippen molar-refractivity contribution in [1.82, 2.24) is 0 Å². The third kappa shape index (κ3) is 1.72. The molecule has 0 unspecified atom stereocenters. The van der Waals surface area contributed by atoms with Gasteiger partial charge in [0.15, 0.2) is 0 Å². The van der Waals surface area contributed by atoms with Crippen molar-refractivity contribution in [3.05, 3.63) is 50.8 Å². The Balaban J connectivity index is 2.79. The molecule has 82 valence electrons. The quantitative estimate of drug-likeness (QED) is 0.560. The van der Waals surface area contributed by atoms with Crippen molar-refractivity contribution < 1.29 is 9.31 Å². The molecule has 0 amide bonds. The third-order valence-electron chi connectivity index (χ3n) is 2.39. The standard InChI is InChI=1S/C11H7ClFNO2/c1-6-2-7-4-10(13)9(12)3-8(7)5-11(6)14(15)16/h2-5H,1H3. The van der Waals surface area contributed by atoms with Gasteiger partial charge in [0.1, 0.15) is 5.82 Å². The highest BCUT2D eigenvalue weighted by molar-refractivity contribution is 6.31. The van der Waals surface area contributed by atoms with E-state index in [1.165, 1.54) is 18.2 Å². The monoisotopic (exact) mass is 239 g/mol. The molecule has 3 nitrogen and oxygen atoms in total. The van der Waals surface area contributed by atoms with Crippen LogP contribution in [0.25, 0.3) is 10.8 Å². The number of hydrogen-bond acceptors (Lipinski definition) is 2. The van der Waals surface area contributed by atoms with E-state index >= 15 is 0 Å². The summed E-state index contributed by atoms with van der Waals surface area (Å²) in [6.07, 6.45) is 0. The molecule has 0 aliphatic heterocycles. The summed E-state index contributed by atoms with van der Waals surface area (Å²) in [5.41, 5.74) is 0.509. The zero-order valence-corrected chi connectivity index (χ0v) is 9.08. The Kier molecular flexibility index (Phi) is 2.52. The summed E-state index contributed by atoms with van der Waals surface area (Å²) in [6, 6.07) is 5.63. The van der Waals surface area contributed by atoms with Crippen LogP contribution in [0.5, 0.6) is 0 Å². The Morgan fingerprint density at radius 2 is 1.88 bits per heavy atom. The molecular weight excluding hydrogens is 233 g/mol. The van der Waals surface area contributed by atoms with Crippen molar-refractivity contribution in [2.24, 2.45) is 0 Å². The van der Waals surface area contributed by atoms with Gasteiger partial charge in [-0.3, -0.25) is 10.1 Å². The maximum absolute atomic E-state index is 13.2. The minimum atomic E-state index is -0.526. The molecule has 0 fully saturated rings. The van der Waals surface area contributed by atoms with Crippen LogP contribution in [-0.4, -0.2) is 4.92 Å². The average molecular weight is 240 g/mol. The van der Waals surface area contributed by atoms with Crippen LogP contribution in [0.3, 0.4) is 0 Å². The SMILES string of the molecule is Cc1cc2cc(F)c(Cl)cc2cc1[N+](=O)[O-]. The predicted octanol–water partition coefficient (Wildman–Crippen LogP) is 3.85. The van der Waals surface area contributed by atoms with E-state index < -0.39 is 10.7 Å². The number of nitro groups is 1. The Bertz CT molecular complexity index is 598. The molecule has 5 heteroatoms. The van der Waals surface area contributed by atoms with E-state index in [1.807, 2.05) is 0 Å². The maximum atomic E-state index is 13.2. The van der Waals surface area contributed by atoms with Gasteiger partial charge < -0.3 is 0 Å². The van der Waals surface area contributed by atoms with E-state index in [4.69, 9.17) is 11.6 Å². The van der Waals surface area contributed by atoms with Crippen LogP contribution >= 0.6 is 11.6 Å². The smallest absolute Gasteiger partial charge is 0.258 e. The fraction of sp³-hybridized carbons (Fsp3) is 0.0909. The van der Waals surface area contributed by atoms with Crippen LogP contribution < -0.4 is 0 Å². The first-order valence-corrected chi connectivity index (χ1v) is 4.90. The average Bonchev–Trinajstić information content (AvgIpc) is 2.19. The highest BCUT2D eigenvalue weighted by Crippen LogP contribution is 2.28. The number of halogens is 2. The Morgan fingerprint density at radius 1 is 1.25 bits per heavy atom. The molecule has 0 bridgehead atoms. The molecule has 0 aliphatic carbocycles. The second-order valence-corrected chi connectivity index (χ2v) is 3.92. The lowest BCUT2D eigenvalue weighted by molar-refractivity contribution is -0.385. The highest BCUT2D eigenvalue weighted by atomic mass is 35.5. The molecule has 0 saturated carbocycles. The largest absolute Gasteiger partial charge is 0.272 e. The second kappa shape index (κ2) is 3.72. The van der Waals surface area contributed by atoms with E-state index in [-0.39, 0.29) is 10.7 Å². The van der Waals surface area contributed by atoms with Gasteiger partial charge in [-0.25, -0.2) is 4.39 Å². The molecule has 2 rings (SSSR count). The minimum absolute atomic E-state index is 0.00942. The summed E-state index contributed by atoms with van der Waals surface area (Å²) in [7, 11) is 0. The van der Waals surface area contributed by atoms with Crippen LogP contribution in [0.15, 0.2) is 24.3 Å². The van der Waals surface area contributed by atoms with Crippen molar-refractivity contribution in [3.8, 4) is 0 Å². The van der Waals surface area contributed by atoms with Gasteiger partial charge in [-0.1, -0.05) is 11.6 Å². The van der Waals surface area contributed by atoms with Crippen LogP contribution in [-0.2, 0) is 0 Å². The van der Waals surface area contributed by atoms with Crippen molar-refractivity contribution >= 4 is 28.1 Å². The number of rotatable bonds is 1. The molecule has 2 aromatic rings. The van der Waals surface area contributed by atoms with Gasteiger partial charge in [-0.2, -0.15) is 0 Å². The Hall–Kier alpha value is -1.68. The zero-order chi connectivity index (χ0) is 11.9. The summed E-state index contributed by atoms with van der Waals surface area (Å²) in [6.45, 7) is 1.62. The van der Waals surface area contributed by atoms with Crippen molar-refractivity contribution in [3.63, 3.8) is 0 Å². The first kappa shape index (κ1) is 10.8. The van der Waals surface area contributed by atoms with Gasteiger partial charge in [-0.05, 0) is 35.9 Å². The molecule has 0 saturated heterocycles. The van der Waals surface area contributed by atoms with Crippen LogP contribution in [0.2, 0.25) is 5.02 Å². The van der Waals surface area contributed by atoms with E-state index in [0.717, 1.165) is 0 Å². The predicted molar refractivity (Wildman–Crippen MR) is 60.3 cm³/mol. The highest BCUT2D eigenvalue weighted by Gasteiger charge is 2.12. The van der Waals surface area contributed by atoms with Crippen LogP contribution in [0.4, 0.5) is 10.1 Å². The lowest BCUT2D eigenvalue weighted by atomic mass is 10.1. The van der Waals surface area contributed by atoms with Gasteiger partial charge in [0.25, 0.3) is 5.69 Å². The van der Waals surface area contributed by atoms with Crippen molar-refractivity contribution in [2.45, 2.75) is 6.92 Å². The molecule has 0 atom stereocenters. The lowest BCUT2D eigenvalue weighted by Gasteiger charge is -2.03. The number of benzene rings is 2. The minimum Gasteiger partial charge on any atom is -0.258 e. The van der Waals surface area contributed by atoms with E-state index in [2.05, 4.69) is 0 Å². The summed E-state index contributed by atoms with van der Waals surface area (Å²) >= 11 is 5.61.